The highest BCUT2D eigenvalue weighted by Gasteiger charge is 2.03. The first-order valence-corrected chi connectivity index (χ1v) is 4.60. The molecule has 1 aromatic heterocycles. The molecular weight excluding hydrogens is 180 g/mol. The van der Waals surface area contributed by atoms with Crippen LogP contribution in [0.15, 0.2) is 12.4 Å². The normalized spacial score (nSPS) is 10.6. The Labute approximate surface area is 83.5 Å². The van der Waals surface area contributed by atoms with E-state index in [2.05, 4.69) is 15.7 Å². The summed E-state index contributed by atoms with van der Waals surface area (Å²) in [6.45, 7) is 4.32. The van der Waals surface area contributed by atoms with Gasteiger partial charge in [0.2, 0.25) is 5.91 Å². The van der Waals surface area contributed by atoms with Crippen LogP contribution in [0.4, 0.5) is 5.69 Å². The molecule has 0 radical (unpaired) electrons. The minimum atomic E-state index is -0.0494. The minimum Gasteiger partial charge on any atom is -0.322 e. The molecule has 5 heteroatoms. The monoisotopic (exact) mass is 196 g/mol. The fourth-order valence-electron chi connectivity index (χ4n) is 0.988. The number of aromatic nitrogens is 2. The molecule has 0 aliphatic rings. The first-order chi connectivity index (χ1) is 6.58. The van der Waals surface area contributed by atoms with Crippen LogP contribution in [0.3, 0.4) is 0 Å². The average molecular weight is 196 g/mol. The second kappa shape index (κ2) is 4.76. The molecule has 0 saturated heterocycles. The molecule has 1 aromatic rings. The average Bonchev–Trinajstić information content (AvgIpc) is 2.48. The number of rotatable bonds is 4. The highest BCUT2D eigenvalue weighted by Crippen LogP contribution is 2.02. The van der Waals surface area contributed by atoms with Crippen LogP contribution in [0, 0.1) is 0 Å². The number of carbonyl (C=O) groups is 1. The van der Waals surface area contributed by atoms with Crippen molar-refractivity contribution in [2.45, 2.75) is 19.9 Å². The Bertz CT molecular complexity index is 306. The summed E-state index contributed by atoms with van der Waals surface area (Å²) in [5.74, 6) is -0.0494. The summed E-state index contributed by atoms with van der Waals surface area (Å²) >= 11 is 0. The highest BCUT2D eigenvalue weighted by atomic mass is 16.1. The lowest BCUT2D eigenvalue weighted by Crippen LogP contribution is -2.32. The molecule has 2 N–H and O–H groups in total. The number of amides is 1. The summed E-state index contributed by atoms with van der Waals surface area (Å²) in [7, 11) is 1.81. The van der Waals surface area contributed by atoms with Gasteiger partial charge in [0.25, 0.3) is 0 Å². The van der Waals surface area contributed by atoms with Crippen molar-refractivity contribution in [2.75, 3.05) is 11.9 Å². The standard InChI is InChI=1S/C9H16N4O/c1-7(2)10-5-9(14)12-8-4-11-13(3)6-8/h4,6-7,10H,5H2,1-3H3,(H,12,14). The first kappa shape index (κ1) is 10.7. The molecular formula is C9H16N4O. The summed E-state index contributed by atoms with van der Waals surface area (Å²) in [4.78, 5) is 11.3. The molecule has 0 spiro atoms. The minimum absolute atomic E-state index is 0.0494. The van der Waals surface area contributed by atoms with Gasteiger partial charge in [-0.3, -0.25) is 9.48 Å². The maximum atomic E-state index is 11.3. The maximum Gasteiger partial charge on any atom is 0.238 e. The largest absolute Gasteiger partial charge is 0.322 e. The molecule has 0 aliphatic carbocycles. The van der Waals surface area contributed by atoms with Gasteiger partial charge in [-0.1, -0.05) is 13.8 Å². The summed E-state index contributed by atoms with van der Waals surface area (Å²) in [6.07, 6.45) is 3.38. The molecule has 0 atom stereocenters. The third-order valence-electron chi connectivity index (χ3n) is 1.66. The van der Waals surface area contributed by atoms with E-state index in [0.717, 1.165) is 5.69 Å². The van der Waals surface area contributed by atoms with Gasteiger partial charge in [-0.2, -0.15) is 5.10 Å². The quantitative estimate of drug-likeness (QED) is 0.731. The van der Waals surface area contributed by atoms with Gasteiger partial charge >= 0.3 is 0 Å². The van der Waals surface area contributed by atoms with Crippen LogP contribution in [0.5, 0.6) is 0 Å². The summed E-state index contributed by atoms with van der Waals surface area (Å²) < 4.78 is 1.64. The molecule has 0 fully saturated rings. The molecule has 0 aromatic carbocycles. The van der Waals surface area contributed by atoms with Gasteiger partial charge in [0, 0.05) is 19.3 Å². The summed E-state index contributed by atoms with van der Waals surface area (Å²) in [5.41, 5.74) is 0.725. The van der Waals surface area contributed by atoms with Crippen molar-refractivity contribution < 1.29 is 4.79 Å². The van der Waals surface area contributed by atoms with E-state index in [0.29, 0.717) is 12.6 Å². The molecule has 0 aliphatic heterocycles. The van der Waals surface area contributed by atoms with Gasteiger partial charge in [0.15, 0.2) is 0 Å². The lowest BCUT2D eigenvalue weighted by atomic mass is 10.4. The van der Waals surface area contributed by atoms with Crippen LogP contribution in [-0.2, 0) is 11.8 Å². The zero-order valence-corrected chi connectivity index (χ0v) is 8.74. The predicted octanol–water partition coefficient (Wildman–Crippen LogP) is 0.357. The lowest BCUT2D eigenvalue weighted by Gasteiger charge is -2.07. The van der Waals surface area contributed by atoms with Crippen molar-refractivity contribution >= 4 is 11.6 Å². The Morgan fingerprint density at radius 1 is 1.64 bits per heavy atom. The van der Waals surface area contributed by atoms with Crippen LogP contribution < -0.4 is 10.6 Å². The van der Waals surface area contributed by atoms with E-state index in [9.17, 15) is 4.79 Å². The first-order valence-electron chi connectivity index (χ1n) is 4.60. The van der Waals surface area contributed by atoms with Crippen LogP contribution in [0.1, 0.15) is 13.8 Å². The van der Waals surface area contributed by atoms with Gasteiger partial charge < -0.3 is 10.6 Å². The number of hydrogen-bond acceptors (Lipinski definition) is 3. The molecule has 14 heavy (non-hydrogen) atoms. The number of nitrogens with one attached hydrogen (secondary N) is 2. The number of anilines is 1. The van der Waals surface area contributed by atoms with E-state index in [4.69, 9.17) is 0 Å². The molecule has 0 saturated carbocycles. The van der Waals surface area contributed by atoms with Crippen molar-refractivity contribution in [3.8, 4) is 0 Å². The van der Waals surface area contributed by atoms with Gasteiger partial charge in [-0.05, 0) is 0 Å². The van der Waals surface area contributed by atoms with Gasteiger partial charge in [0.1, 0.15) is 0 Å². The van der Waals surface area contributed by atoms with E-state index in [1.54, 1.807) is 17.1 Å². The van der Waals surface area contributed by atoms with E-state index >= 15 is 0 Å². The van der Waals surface area contributed by atoms with Crippen LogP contribution in [0.2, 0.25) is 0 Å². The molecule has 78 valence electrons. The Morgan fingerprint density at radius 2 is 2.36 bits per heavy atom. The van der Waals surface area contributed by atoms with E-state index in [-0.39, 0.29) is 5.91 Å². The third kappa shape index (κ3) is 3.57. The van der Waals surface area contributed by atoms with Crippen LogP contribution >= 0.6 is 0 Å². The zero-order chi connectivity index (χ0) is 10.6. The van der Waals surface area contributed by atoms with Gasteiger partial charge in [-0.25, -0.2) is 0 Å². The topological polar surface area (TPSA) is 59.0 Å². The number of nitrogens with zero attached hydrogens (tertiary/aromatic N) is 2. The number of carbonyl (C=O) groups excluding carboxylic acids is 1. The molecule has 1 rings (SSSR count). The molecule has 5 nitrogen and oxygen atoms in total. The third-order valence-corrected chi connectivity index (χ3v) is 1.66. The lowest BCUT2D eigenvalue weighted by molar-refractivity contribution is -0.115. The molecule has 1 amide bonds. The molecule has 1 heterocycles. The Hall–Kier alpha value is -1.36. The van der Waals surface area contributed by atoms with Crippen molar-refractivity contribution in [1.29, 1.82) is 0 Å². The van der Waals surface area contributed by atoms with Gasteiger partial charge in [-0.15, -0.1) is 0 Å². The van der Waals surface area contributed by atoms with Crippen LogP contribution in [-0.4, -0.2) is 28.3 Å². The van der Waals surface area contributed by atoms with Crippen molar-refractivity contribution in [3.05, 3.63) is 12.4 Å². The van der Waals surface area contributed by atoms with Crippen molar-refractivity contribution in [1.82, 2.24) is 15.1 Å². The van der Waals surface area contributed by atoms with Crippen molar-refractivity contribution in [2.24, 2.45) is 7.05 Å². The predicted molar refractivity (Wildman–Crippen MR) is 55.0 cm³/mol. The fraction of sp³-hybridized carbons (Fsp3) is 0.556. The molecule has 0 bridgehead atoms. The second-order valence-electron chi connectivity index (χ2n) is 3.49. The Kier molecular flexibility index (Phi) is 3.64. The van der Waals surface area contributed by atoms with Gasteiger partial charge in [0.05, 0.1) is 18.4 Å². The molecule has 0 unspecified atom stereocenters. The van der Waals surface area contributed by atoms with E-state index in [1.165, 1.54) is 0 Å². The SMILES string of the molecule is CC(C)NCC(=O)Nc1cnn(C)c1. The number of hydrogen-bond donors (Lipinski definition) is 2. The Morgan fingerprint density at radius 3 is 2.86 bits per heavy atom. The fourth-order valence-corrected chi connectivity index (χ4v) is 0.988. The smallest absolute Gasteiger partial charge is 0.238 e. The van der Waals surface area contributed by atoms with E-state index in [1.807, 2.05) is 20.9 Å². The Balaban J connectivity index is 2.34. The summed E-state index contributed by atoms with van der Waals surface area (Å²) in [5, 5.41) is 9.71. The highest BCUT2D eigenvalue weighted by molar-refractivity contribution is 5.91. The maximum absolute atomic E-state index is 11.3. The van der Waals surface area contributed by atoms with Crippen molar-refractivity contribution in [3.63, 3.8) is 0 Å². The second-order valence-corrected chi connectivity index (χ2v) is 3.49. The zero-order valence-electron chi connectivity index (χ0n) is 8.74. The van der Waals surface area contributed by atoms with Crippen LogP contribution in [0.25, 0.3) is 0 Å². The number of aryl methyl sites for hydroxylation is 1. The summed E-state index contributed by atoms with van der Waals surface area (Å²) in [6, 6.07) is 0.314. The van der Waals surface area contributed by atoms with E-state index < -0.39 is 0 Å².